The Morgan fingerprint density at radius 3 is 2.78 bits per heavy atom. The fourth-order valence-electron chi connectivity index (χ4n) is 2.82. The van der Waals surface area contributed by atoms with Gasteiger partial charge in [-0.2, -0.15) is 0 Å². The molecule has 0 aromatic heterocycles. The van der Waals surface area contributed by atoms with Crippen LogP contribution < -0.4 is 10.1 Å². The second kappa shape index (κ2) is 8.86. The molecule has 0 saturated carbocycles. The lowest BCUT2D eigenvalue weighted by atomic mass is 9.97. The lowest BCUT2D eigenvalue weighted by Crippen LogP contribution is -2.34. The van der Waals surface area contributed by atoms with Gasteiger partial charge in [-0.25, -0.2) is 4.39 Å². The summed E-state index contributed by atoms with van der Waals surface area (Å²) in [6.45, 7) is 0.237. The molecule has 1 N–H and O–H groups in total. The van der Waals surface area contributed by atoms with Crippen molar-refractivity contribution >= 4 is 23.5 Å². The first kappa shape index (κ1) is 19.2. The maximum absolute atomic E-state index is 12.8. The van der Waals surface area contributed by atoms with Gasteiger partial charge in [0.2, 0.25) is 0 Å². The van der Waals surface area contributed by atoms with Gasteiger partial charge in [-0.3, -0.25) is 9.59 Å². The Bertz CT molecular complexity index is 825. The second-order valence-electron chi connectivity index (χ2n) is 6.30. The summed E-state index contributed by atoms with van der Waals surface area (Å²) in [6, 6.07) is 11.3. The summed E-state index contributed by atoms with van der Waals surface area (Å²) in [4.78, 5) is 24.0. The first-order valence-corrected chi connectivity index (χ1v) is 8.98. The summed E-state index contributed by atoms with van der Waals surface area (Å²) in [6.07, 6.45) is 1.02. The average molecular weight is 392 g/mol. The lowest BCUT2D eigenvalue weighted by molar-refractivity contribution is -0.153. The fourth-order valence-corrected chi connectivity index (χ4v) is 3.01. The molecule has 0 spiro atoms. The van der Waals surface area contributed by atoms with Crippen molar-refractivity contribution in [3.63, 3.8) is 0 Å². The Morgan fingerprint density at radius 1 is 1.22 bits per heavy atom. The van der Waals surface area contributed by atoms with Gasteiger partial charge in [-0.1, -0.05) is 23.7 Å². The number of hydrogen-bond acceptors (Lipinski definition) is 4. The zero-order valence-electron chi connectivity index (χ0n) is 14.5. The first-order chi connectivity index (χ1) is 13.0. The van der Waals surface area contributed by atoms with Crippen LogP contribution in [0.2, 0.25) is 5.02 Å². The van der Waals surface area contributed by atoms with Gasteiger partial charge in [-0.15, -0.1) is 0 Å². The molecule has 1 aliphatic heterocycles. The van der Waals surface area contributed by atoms with Crippen LogP contribution in [0.4, 0.5) is 4.39 Å². The average Bonchev–Trinajstić information content (AvgIpc) is 2.67. The van der Waals surface area contributed by atoms with Gasteiger partial charge in [0.1, 0.15) is 18.2 Å². The monoisotopic (exact) mass is 391 g/mol. The number of carbonyl (C=O) groups is 2. The van der Waals surface area contributed by atoms with Crippen molar-refractivity contribution in [1.82, 2.24) is 5.32 Å². The lowest BCUT2D eigenvalue weighted by Gasteiger charge is -2.24. The molecule has 1 heterocycles. The summed E-state index contributed by atoms with van der Waals surface area (Å²) in [5, 5.41) is 3.24. The molecule has 2 aromatic carbocycles. The quantitative estimate of drug-likeness (QED) is 0.769. The summed E-state index contributed by atoms with van der Waals surface area (Å²) < 4.78 is 23.5. The molecule has 0 radical (unpaired) electrons. The molecule has 142 valence electrons. The molecule has 5 nitrogen and oxygen atoms in total. The van der Waals surface area contributed by atoms with Crippen LogP contribution in [0, 0.1) is 11.7 Å². The molecule has 27 heavy (non-hydrogen) atoms. The normalized spacial score (nSPS) is 15.4. The van der Waals surface area contributed by atoms with E-state index in [0.29, 0.717) is 30.2 Å². The maximum atomic E-state index is 12.8. The topological polar surface area (TPSA) is 64.6 Å². The summed E-state index contributed by atoms with van der Waals surface area (Å²) in [7, 11) is 0. The molecule has 1 atom stereocenters. The molecule has 1 aliphatic rings. The minimum atomic E-state index is -0.477. The van der Waals surface area contributed by atoms with Crippen LogP contribution in [0.25, 0.3) is 0 Å². The van der Waals surface area contributed by atoms with Crippen molar-refractivity contribution in [3.05, 3.63) is 64.4 Å². The molecule has 0 saturated heterocycles. The van der Waals surface area contributed by atoms with Gasteiger partial charge in [-0.05, 0) is 54.3 Å². The number of ether oxygens (including phenoxy) is 2. The van der Waals surface area contributed by atoms with Gasteiger partial charge >= 0.3 is 5.97 Å². The van der Waals surface area contributed by atoms with E-state index in [4.69, 9.17) is 21.1 Å². The van der Waals surface area contributed by atoms with Crippen LogP contribution in [0.15, 0.2) is 42.5 Å². The van der Waals surface area contributed by atoms with E-state index in [9.17, 15) is 14.0 Å². The summed E-state index contributed by atoms with van der Waals surface area (Å²) >= 11 is 5.96. The third kappa shape index (κ3) is 5.44. The Kier molecular flexibility index (Phi) is 6.29. The largest absolute Gasteiger partial charge is 0.492 e. The van der Waals surface area contributed by atoms with E-state index in [0.717, 1.165) is 11.1 Å². The second-order valence-corrected chi connectivity index (χ2v) is 6.73. The standard InChI is InChI=1S/C20H19ClFNO4/c21-16-3-6-18-14(10-16)9-15(11-26-18)20(25)27-12-19(24)23-8-7-13-1-4-17(22)5-2-13/h1-6,10,15H,7-9,11-12H2,(H,23,24)/t15-/m1/s1. The van der Waals surface area contributed by atoms with Crippen molar-refractivity contribution in [2.45, 2.75) is 12.8 Å². The highest BCUT2D eigenvalue weighted by molar-refractivity contribution is 6.30. The number of fused-ring (bicyclic) bond motifs is 1. The third-order valence-corrected chi connectivity index (χ3v) is 4.49. The molecule has 0 fully saturated rings. The Morgan fingerprint density at radius 2 is 2.00 bits per heavy atom. The number of amides is 1. The predicted octanol–water partition coefficient (Wildman–Crippen LogP) is 2.93. The third-order valence-electron chi connectivity index (χ3n) is 4.26. The molecule has 0 unspecified atom stereocenters. The van der Waals surface area contributed by atoms with Crippen molar-refractivity contribution < 1.29 is 23.5 Å². The van der Waals surface area contributed by atoms with Gasteiger partial charge in [0.25, 0.3) is 5.91 Å². The number of carbonyl (C=O) groups excluding carboxylic acids is 2. The molecular weight excluding hydrogens is 373 g/mol. The zero-order chi connectivity index (χ0) is 19.2. The number of halogens is 2. The minimum Gasteiger partial charge on any atom is -0.492 e. The van der Waals surface area contributed by atoms with E-state index in [-0.39, 0.29) is 24.9 Å². The predicted molar refractivity (Wildman–Crippen MR) is 98.2 cm³/mol. The molecule has 1 amide bonds. The van der Waals surface area contributed by atoms with E-state index < -0.39 is 11.9 Å². The Hall–Kier alpha value is -2.60. The molecular formula is C20H19ClFNO4. The van der Waals surface area contributed by atoms with Gasteiger partial charge in [0.05, 0.1) is 5.92 Å². The highest BCUT2D eigenvalue weighted by Gasteiger charge is 2.27. The number of esters is 1. The summed E-state index contributed by atoms with van der Waals surface area (Å²) in [5.41, 5.74) is 1.75. The SMILES string of the molecule is O=C(COC(=O)[C@H]1COc2ccc(Cl)cc2C1)NCCc1ccc(F)cc1. The molecule has 7 heteroatoms. The number of rotatable bonds is 6. The van der Waals surface area contributed by atoms with E-state index in [2.05, 4.69) is 5.32 Å². The molecule has 0 aliphatic carbocycles. The van der Waals surface area contributed by atoms with Crippen LogP contribution in [0.5, 0.6) is 5.75 Å². The number of nitrogens with one attached hydrogen (secondary N) is 1. The van der Waals surface area contributed by atoms with Crippen molar-refractivity contribution in [2.24, 2.45) is 5.92 Å². The van der Waals surface area contributed by atoms with E-state index in [1.54, 1.807) is 30.3 Å². The number of hydrogen-bond donors (Lipinski definition) is 1. The van der Waals surface area contributed by atoms with Gasteiger partial charge in [0, 0.05) is 11.6 Å². The highest BCUT2D eigenvalue weighted by Crippen LogP contribution is 2.30. The Balaban J connectivity index is 1.40. The highest BCUT2D eigenvalue weighted by atomic mass is 35.5. The van der Waals surface area contributed by atoms with Crippen molar-refractivity contribution in [3.8, 4) is 5.75 Å². The van der Waals surface area contributed by atoms with Crippen LogP contribution in [0.3, 0.4) is 0 Å². The minimum absolute atomic E-state index is 0.208. The van der Waals surface area contributed by atoms with Crippen LogP contribution in [-0.4, -0.2) is 31.6 Å². The van der Waals surface area contributed by atoms with Crippen LogP contribution in [0.1, 0.15) is 11.1 Å². The van der Waals surface area contributed by atoms with E-state index >= 15 is 0 Å². The summed E-state index contributed by atoms with van der Waals surface area (Å²) in [5.74, 6) is -0.920. The number of benzene rings is 2. The maximum Gasteiger partial charge on any atom is 0.313 e. The molecule has 2 aromatic rings. The Labute approximate surface area is 161 Å². The van der Waals surface area contributed by atoms with E-state index in [1.165, 1.54) is 12.1 Å². The zero-order valence-corrected chi connectivity index (χ0v) is 15.3. The van der Waals surface area contributed by atoms with Crippen molar-refractivity contribution in [1.29, 1.82) is 0 Å². The van der Waals surface area contributed by atoms with Crippen molar-refractivity contribution in [2.75, 3.05) is 19.8 Å². The van der Waals surface area contributed by atoms with Gasteiger partial charge in [0.15, 0.2) is 6.61 Å². The smallest absolute Gasteiger partial charge is 0.313 e. The first-order valence-electron chi connectivity index (χ1n) is 8.60. The van der Waals surface area contributed by atoms with E-state index in [1.807, 2.05) is 0 Å². The van der Waals surface area contributed by atoms with Gasteiger partial charge < -0.3 is 14.8 Å². The molecule has 3 rings (SSSR count). The fraction of sp³-hybridized carbons (Fsp3) is 0.300. The molecule has 0 bridgehead atoms. The van der Waals surface area contributed by atoms with Crippen LogP contribution in [-0.2, 0) is 27.2 Å². The van der Waals surface area contributed by atoms with Crippen LogP contribution >= 0.6 is 11.6 Å².